The van der Waals surface area contributed by atoms with Crippen LogP contribution in [0.15, 0.2) is 0 Å². The molecule has 0 aromatic rings. The van der Waals surface area contributed by atoms with E-state index in [1.54, 1.807) is 16.8 Å². The number of carbonyl (C=O) groups is 2. The Labute approximate surface area is 96.6 Å². The van der Waals surface area contributed by atoms with Gasteiger partial charge in [-0.1, -0.05) is 13.8 Å². The minimum absolute atomic E-state index is 0.123. The van der Waals surface area contributed by atoms with Gasteiger partial charge in [0.2, 0.25) is 11.8 Å². The Morgan fingerprint density at radius 2 is 1.88 bits per heavy atom. The summed E-state index contributed by atoms with van der Waals surface area (Å²) < 4.78 is 0. The van der Waals surface area contributed by atoms with E-state index in [4.69, 9.17) is 0 Å². The molecule has 16 heavy (non-hydrogen) atoms. The molecular formula is C12H20N2O2. The molecule has 2 atom stereocenters. The van der Waals surface area contributed by atoms with Crippen LogP contribution in [-0.4, -0.2) is 47.3 Å². The van der Waals surface area contributed by atoms with Gasteiger partial charge in [0.05, 0.1) is 0 Å². The van der Waals surface area contributed by atoms with Gasteiger partial charge in [-0.15, -0.1) is 0 Å². The van der Waals surface area contributed by atoms with Gasteiger partial charge in [0.15, 0.2) is 0 Å². The summed E-state index contributed by atoms with van der Waals surface area (Å²) >= 11 is 0. The minimum Gasteiger partial charge on any atom is -0.332 e. The topological polar surface area (TPSA) is 40.6 Å². The van der Waals surface area contributed by atoms with Gasteiger partial charge in [-0.25, -0.2) is 0 Å². The highest BCUT2D eigenvalue weighted by molar-refractivity contribution is 5.97. The van der Waals surface area contributed by atoms with Crippen LogP contribution in [0.25, 0.3) is 0 Å². The second-order valence-corrected chi connectivity index (χ2v) is 5.18. The molecular weight excluding hydrogens is 204 g/mol. The molecule has 0 aromatic heterocycles. The Kier molecular flexibility index (Phi) is 2.91. The molecule has 2 aliphatic rings. The third-order valence-electron chi connectivity index (χ3n) is 3.72. The number of carbonyl (C=O) groups excluding carboxylic acids is 2. The quantitative estimate of drug-likeness (QED) is 0.663. The summed E-state index contributed by atoms with van der Waals surface area (Å²) in [6, 6.07) is -0.442. The summed E-state index contributed by atoms with van der Waals surface area (Å²) in [7, 11) is 1.76. The molecule has 90 valence electrons. The monoisotopic (exact) mass is 224 g/mol. The normalized spacial score (nSPS) is 31.0. The van der Waals surface area contributed by atoms with Crippen molar-refractivity contribution in [2.24, 2.45) is 5.92 Å². The summed E-state index contributed by atoms with van der Waals surface area (Å²) in [5.41, 5.74) is 0. The van der Waals surface area contributed by atoms with Crippen molar-refractivity contribution in [3.63, 3.8) is 0 Å². The van der Waals surface area contributed by atoms with Crippen LogP contribution in [-0.2, 0) is 9.59 Å². The highest BCUT2D eigenvalue weighted by Gasteiger charge is 2.45. The molecule has 2 rings (SSSR count). The van der Waals surface area contributed by atoms with Crippen molar-refractivity contribution >= 4 is 11.8 Å². The van der Waals surface area contributed by atoms with Crippen LogP contribution >= 0.6 is 0 Å². The fourth-order valence-corrected chi connectivity index (χ4v) is 2.89. The number of piperidine rings is 1. The number of amides is 2. The first kappa shape index (κ1) is 11.4. The highest BCUT2D eigenvalue weighted by Crippen LogP contribution is 2.27. The molecule has 2 heterocycles. The molecule has 2 fully saturated rings. The van der Waals surface area contributed by atoms with Crippen molar-refractivity contribution in [1.82, 2.24) is 9.80 Å². The van der Waals surface area contributed by atoms with Gasteiger partial charge >= 0.3 is 0 Å². The van der Waals surface area contributed by atoms with E-state index in [1.807, 2.05) is 13.8 Å². The van der Waals surface area contributed by atoms with E-state index in [0.29, 0.717) is 0 Å². The molecule has 0 N–H and O–H groups in total. The van der Waals surface area contributed by atoms with Gasteiger partial charge in [-0.3, -0.25) is 9.59 Å². The van der Waals surface area contributed by atoms with Crippen LogP contribution in [0.4, 0.5) is 0 Å². The number of likely N-dealkylation sites (N-methyl/N-ethyl adjacent to an activating group) is 1. The Morgan fingerprint density at radius 1 is 1.19 bits per heavy atom. The zero-order valence-corrected chi connectivity index (χ0v) is 10.3. The van der Waals surface area contributed by atoms with Gasteiger partial charge in [0.1, 0.15) is 12.1 Å². The van der Waals surface area contributed by atoms with Crippen LogP contribution in [0, 0.1) is 5.92 Å². The average molecular weight is 224 g/mol. The molecule has 0 aromatic carbocycles. The van der Waals surface area contributed by atoms with E-state index in [2.05, 4.69) is 0 Å². The molecule has 4 nitrogen and oxygen atoms in total. The SMILES string of the molecule is CC(C)C1C(=O)N2CCCCC2C(=O)N1C. The Morgan fingerprint density at radius 3 is 2.50 bits per heavy atom. The van der Waals surface area contributed by atoms with Crippen molar-refractivity contribution in [3.8, 4) is 0 Å². The molecule has 2 aliphatic heterocycles. The second-order valence-electron chi connectivity index (χ2n) is 5.18. The van der Waals surface area contributed by atoms with E-state index in [0.717, 1.165) is 25.8 Å². The maximum Gasteiger partial charge on any atom is 0.246 e. The number of fused-ring (bicyclic) bond motifs is 1. The van der Waals surface area contributed by atoms with E-state index >= 15 is 0 Å². The molecule has 0 saturated carbocycles. The minimum atomic E-state index is -0.262. The lowest BCUT2D eigenvalue weighted by molar-refractivity contribution is -0.164. The van der Waals surface area contributed by atoms with Crippen molar-refractivity contribution in [1.29, 1.82) is 0 Å². The third-order valence-corrected chi connectivity index (χ3v) is 3.72. The Hall–Kier alpha value is -1.06. The van der Waals surface area contributed by atoms with Gasteiger partial charge < -0.3 is 9.80 Å². The van der Waals surface area contributed by atoms with Gasteiger partial charge in [0.25, 0.3) is 0 Å². The lowest BCUT2D eigenvalue weighted by Gasteiger charge is -2.46. The van der Waals surface area contributed by atoms with Crippen LogP contribution in [0.3, 0.4) is 0 Å². The lowest BCUT2D eigenvalue weighted by atomic mass is 9.91. The summed E-state index contributed by atoms with van der Waals surface area (Å²) in [6.07, 6.45) is 2.92. The van der Waals surface area contributed by atoms with Crippen molar-refractivity contribution < 1.29 is 9.59 Å². The maximum absolute atomic E-state index is 12.3. The molecule has 2 saturated heterocycles. The summed E-state index contributed by atoms with van der Waals surface area (Å²) in [5, 5.41) is 0. The molecule has 2 unspecified atom stereocenters. The predicted octanol–water partition coefficient (Wildman–Crippen LogP) is 0.864. The van der Waals surface area contributed by atoms with E-state index in [9.17, 15) is 9.59 Å². The maximum atomic E-state index is 12.3. The smallest absolute Gasteiger partial charge is 0.246 e. The van der Waals surface area contributed by atoms with Gasteiger partial charge in [-0.05, 0) is 25.2 Å². The number of nitrogens with zero attached hydrogens (tertiary/aromatic N) is 2. The third kappa shape index (κ3) is 1.60. The molecule has 0 radical (unpaired) electrons. The molecule has 0 aliphatic carbocycles. The van der Waals surface area contributed by atoms with Crippen LogP contribution in [0.5, 0.6) is 0 Å². The van der Waals surface area contributed by atoms with Crippen molar-refractivity contribution in [2.45, 2.75) is 45.2 Å². The van der Waals surface area contributed by atoms with E-state index in [1.165, 1.54) is 0 Å². The standard InChI is InChI=1S/C12H20N2O2/c1-8(2)10-12(16)14-7-5-4-6-9(14)11(15)13(10)3/h8-10H,4-7H2,1-3H3. The largest absolute Gasteiger partial charge is 0.332 e. The summed E-state index contributed by atoms with van der Waals surface area (Å²) in [4.78, 5) is 27.9. The van der Waals surface area contributed by atoms with E-state index in [-0.39, 0.29) is 29.8 Å². The first-order chi connectivity index (χ1) is 7.54. The van der Waals surface area contributed by atoms with E-state index < -0.39 is 0 Å². The number of hydrogen-bond donors (Lipinski definition) is 0. The molecule has 0 bridgehead atoms. The molecule has 4 heteroatoms. The van der Waals surface area contributed by atoms with Gasteiger partial charge in [-0.2, -0.15) is 0 Å². The zero-order chi connectivity index (χ0) is 11.9. The fourth-order valence-electron chi connectivity index (χ4n) is 2.89. The number of hydrogen-bond acceptors (Lipinski definition) is 2. The first-order valence-electron chi connectivity index (χ1n) is 6.11. The number of rotatable bonds is 1. The van der Waals surface area contributed by atoms with Crippen molar-refractivity contribution in [2.75, 3.05) is 13.6 Å². The Bertz CT molecular complexity index is 314. The van der Waals surface area contributed by atoms with Crippen molar-refractivity contribution in [3.05, 3.63) is 0 Å². The van der Waals surface area contributed by atoms with Crippen LogP contribution in [0.1, 0.15) is 33.1 Å². The molecule has 0 spiro atoms. The highest BCUT2D eigenvalue weighted by atomic mass is 16.2. The first-order valence-corrected chi connectivity index (χ1v) is 6.11. The van der Waals surface area contributed by atoms with Crippen LogP contribution in [0.2, 0.25) is 0 Å². The average Bonchev–Trinajstić information content (AvgIpc) is 2.26. The number of piperazine rings is 1. The molecule has 2 amide bonds. The second kappa shape index (κ2) is 4.07. The van der Waals surface area contributed by atoms with Gasteiger partial charge in [0, 0.05) is 13.6 Å². The summed E-state index contributed by atoms with van der Waals surface area (Å²) in [6.45, 7) is 4.75. The Balaban J connectivity index is 2.27. The zero-order valence-electron chi connectivity index (χ0n) is 10.3. The fraction of sp³-hybridized carbons (Fsp3) is 0.833. The van der Waals surface area contributed by atoms with Crippen LogP contribution < -0.4 is 0 Å². The summed E-state index contributed by atoms with van der Waals surface area (Å²) in [5.74, 6) is 0.448. The predicted molar refractivity (Wildman–Crippen MR) is 60.7 cm³/mol. The lowest BCUT2D eigenvalue weighted by Crippen LogP contribution is -2.65.